The topological polar surface area (TPSA) is 0 Å². The highest BCUT2D eigenvalue weighted by molar-refractivity contribution is 5.27. The van der Waals surface area contributed by atoms with Gasteiger partial charge in [-0.2, -0.15) is 0 Å². The van der Waals surface area contributed by atoms with Crippen molar-refractivity contribution >= 4 is 0 Å². The molecular weight excluding hydrogens is 132 g/mol. The van der Waals surface area contributed by atoms with Gasteiger partial charge in [-0.25, -0.2) is 0 Å². The predicted octanol–water partition coefficient (Wildman–Crippen LogP) is 2.85. The third kappa shape index (κ3) is 0.432. The molecule has 5 atom stereocenters. The molecule has 0 N–H and O–H groups in total. The van der Waals surface area contributed by atoms with Crippen LogP contribution in [-0.2, 0) is 0 Å². The van der Waals surface area contributed by atoms with Gasteiger partial charge in [-0.05, 0) is 41.9 Å². The molecule has 60 valence electrons. The molecule has 0 amide bonds. The first kappa shape index (κ1) is 6.28. The molecule has 3 rings (SSSR count). The Hall–Kier alpha value is -0.260. The highest BCUT2D eigenvalue weighted by Gasteiger charge is 2.65. The molecule has 5 unspecified atom stereocenters. The van der Waals surface area contributed by atoms with Gasteiger partial charge in [0.05, 0.1) is 0 Å². The van der Waals surface area contributed by atoms with Crippen molar-refractivity contribution in [1.29, 1.82) is 0 Å². The van der Waals surface area contributed by atoms with Crippen molar-refractivity contribution in [3.8, 4) is 0 Å². The summed E-state index contributed by atoms with van der Waals surface area (Å²) in [6.07, 6.45) is 7.99. The molecule has 0 aliphatic heterocycles. The zero-order valence-electron chi connectivity index (χ0n) is 7.38. The van der Waals surface area contributed by atoms with Gasteiger partial charge in [-0.3, -0.25) is 0 Å². The molecule has 0 saturated heterocycles. The minimum absolute atomic E-state index is 0.791. The van der Waals surface area contributed by atoms with Gasteiger partial charge in [0.25, 0.3) is 0 Å². The van der Waals surface area contributed by atoms with Gasteiger partial charge in [-0.1, -0.05) is 26.0 Å². The Morgan fingerprint density at radius 2 is 2.09 bits per heavy atom. The fourth-order valence-corrected chi connectivity index (χ4v) is 3.98. The summed E-state index contributed by atoms with van der Waals surface area (Å²) in [5, 5.41) is 0. The molecule has 0 aromatic rings. The maximum Gasteiger partial charge on any atom is -0.0140 e. The Bertz CT molecular complexity index is 228. The van der Waals surface area contributed by atoms with Crippen molar-refractivity contribution in [3.63, 3.8) is 0 Å². The summed E-state index contributed by atoms with van der Waals surface area (Å²) in [6.45, 7) is 4.88. The minimum Gasteiger partial charge on any atom is -0.0845 e. The monoisotopic (exact) mass is 148 g/mol. The summed E-state index contributed by atoms with van der Waals surface area (Å²) >= 11 is 0. The van der Waals surface area contributed by atoms with E-state index in [0.29, 0.717) is 0 Å². The number of rotatable bonds is 0. The van der Waals surface area contributed by atoms with Crippen molar-refractivity contribution in [3.05, 3.63) is 12.2 Å². The van der Waals surface area contributed by atoms with Gasteiger partial charge in [-0.15, -0.1) is 0 Å². The Morgan fingerprint density at radius 1 is 1.27 bits per heavy atom. The van der Waals surface area contributed by atoms with Crippen LogP contribution >= 0.6 is 0 Å². The summed E-state index contributed by atoms with van der Waals surface area (Å²) in [7, 11) is 0. The van der Waals surface area contributed by atoms with Crippen molar-refractivity contribution in [2.45, 2.75) is 26.7 Å². The third-order valence-electron chi connectivity index (χ3n) is 4.95. The maximum absolute atomic E-state index is 2.50. The van der Waals surface area contributed by atoms with E-state index in [1.165, 1.54) is 12.8 Å². The molecule has 0 radical (unpaired) electrons. The van der Waals surface area contributed by atoms with Gasteiger partial charge < -0.3 is 0 Å². The van der Waals surface area contributed by atoms with Gasteiger partial charge >= 0.3 is 0 Å². The fraction of sp³-hybridized carbons (Fsp3) is 0.818. The highest BCUT2D eigenvalue weighted by Crippen LogP contribution is 2.72. The van der Waals surface area contributed by atoms with E-state index in [1.807, 2.05) is 0 Å². The number of hydrogen-bond acceptors (Lipinski definition) is 0. The molecule has 0 bridgehead atoms. The van der Waals surface area contributed by atoms with Crippen LogP contribution in [0.3, 0.4) is 0 Å². The highest BCUT2D eigenvalue weighted by atomic mass is 14.7. The zero-order valence-corrected chi connectivity index (χ0v) is 7.38. The average Bonchev–Trinajstić information content (AvgIpc) is 2.20. The molecule has 2 fully saturated rings. The van der Waals surface area contributed by atoms with E-state index in [2.05, 4.69) is 26.0 Å². The molecule has 0 heterocycles. The predicted molar refractivity (Wildman–Crippen MR) is 46.1 cm³/mol. The maximum atomic E-state index is 2.50. The Kier molecular flexibility index (Phi) is 0.898. The number of allylic oxidation sites excluding steroid dienone is 2. The lowest BCUT2D eigenvalue weighted by Crippen LogP contribution is -2.59. The molecule has 0 aromatic heterocycles. The molecule has 3 aliphatic rings. The summed E-state index contributed by atoms with van der Waals surface area (Å²) in [5.74, 6) is 3.92. The van der Waals surface area contributed by atoms with Crippen LogP contribution in [0.25, 0.3) is 0 Å². The first-order valence-corrected chi connectivity index (χ1v) is 4.95. The first-order valence-electron chi connectivity index (χ1n) is 4.95. The molecule has 0 aromatic carbocycles. The summed E-state index contributed by atoms with van der Waals surface area (Å²) in [5.41, 5.74) is 0.791. The van der Waals surface area contributed by atoms with Crippen LogP contribution in [0.4, 0.5) is 0 Å². The molecular formula is C11H16. The van der Waals surface area contributed by atoms with Crippen molar-refractivity contribution in [2.75, 3.05) is 0 Å². The standard InChI is InChI=1S/C11H16/c1-7-8(2)11-6-5-9(11)3-4-10(7)11/h3-4,7-10H,5-6H2,1-2H3. The van der Waals surface area contributed by atoms with Crippen LogP contribution in [-0.4, -0.2) is 0 Å². The summed E-state index contributed by atoms with van der Waals surface area (Å²) < 4.78 is 0. The van der Waals surface area contributed by atoms with E-state index >= 15 is 0 Å². The largest absolute Gasteiger partial charge is 0.0845 e. The second kappa shape index (κ2) is 1.57. The summed E-state index contributed by atoms with van der Waals surface area (Å²) in [6, 6.07) is 0. The van der Waals surface area contributed by atoms with Gasteiger partial charge in [0.2, 0.25) is 0 Å². The minimum atomic E-state index is 0.791. The smallest absolute Gasteiger partial charge is 0.0140 e. The summed E-state index contributed by atoms with van der Waals surface area (Å²) in [4.78, 5) is 0. The fourth-order valence-electron chi connectivity index (χ4n) is 3.98. The molecule has 0 heteroatoms. The van der Waals surface area contributed by atoms with E-state index in [0.717, 1.165) is 29.1 Å². The lowest BCUT2D eigenvalue weighted by molar-refractivity contribution is -0.156. The SMILES string of the molecule is CC1C(C)C23CCC2C=CC13. The molecule has 0 nitrogen and oxygen atoms in total. The van der Waals surface area contributed by atoms with Crippen LogP contribution < -0.4 is 0 Å². The quantitative estimate of drug-likeness (QED) is 0.463. The molecule has 11 heavy (non-hydrogen) atoms. The lowest BCUT2D eigenvalue weighted by Gasteiger charge is -2.65. The molecule has 3 aliphatic carbocycles. The first-order chi connectivity index (χ1) is 5.27. The van der Waals surface area contributed by atoms with Gasteiger partial charge in [0, 0.05) is 0 Å². The van der Waals surface area contributed by atoms with E-state index in [9.17, 15) is 0 Å². The van der Waals surface area contributed by atoms with Crippen molar-refractivity contribution < 1.29 is 0 Å². The lowest BCUT2D eigenvalue weighted by atomic mass is 9.39. The number of hydrogen-bond donors (Lipinski definition) is 0. The van der Waals surface area contributed by atoms with E-state index < -0.39 is 0 Å². The van der Waals surface area contributed by atoms with E-state index in [1.54, 1.807) is 0 Å². The second-order valence-corrected chi connectivity index (χ2v) is 4.82. The van der Waals surface area contributed by atoms with Crippen LogP contribution in [0.5, 0.6) is 0 Å². The van der Waals surface area contributed by atoms with E-state index in [4.69, 9.17) is 0 Å². The van der Waals surface area contributed by atoms with Crippen LogP contribution in [0.2, 0.25) is 0 Å². The van der Waals surface area contributed by atoms with Gasteiger partial charge in [0.1, 0.15) is 0 Å². The van der Waals surface area contributed by atoms with Gasteiger partial charge in [0.15, 0.2) is 0 Å². The van der Waals surface area contributed by atoms with Crippen molar-refractivity contribution in [1.82, 2.24) is 0 Å². The molecule has 1 spiro atoms. The average molecular weight is 148 g/mol. The molecule has 2 saturated carbocycles. The Labute approximate surface area is 68.7 Å². The Balaban J connectivity index is 1.99. The third-order valence-corrected chi connectivity index (χ3v) is 4.95. The second-order valence-electron chi connectivity index (χ2n) is 4.82. The van der Waals surface area contributed by atoms with Crippen LogP contribution in [0.1, 0.15) is 26.7 Å². The van der Waals surface area contributed by atoms with Crippen LogP contribution in [0, 0.1) is 29.1 Å². The van der Waals surface area contributed by atoms with E-state index in [-0.39, 0.29) is 0 Å². The Morgan fingerprint density at radius 3 is 2.64 bits per heavy atom. The normalized spacial score (nSPS) is 64.5. The van der Waals surface area contributed by atoms with Crippen LogP contribution in [0.15, 0.2) is 12.2 Å². The zero-order chi connectivity index (χ0) is 7.64. The van der Waals surface area contributed by atoms with Crippen molar-refractivity contribution in [2.24, 2.45) is 29.1 Å².